The minimum absolute atomic E-state index is 0.0341. The van der Waals surface area contributed by atoms with Crippen LogP contribution in [0.2, 0.25) is 0 Å². The number of carboxylic acid groups (broad SMARTS) is 1. The first-order valence-electron chi connectivity index (χ1n) is 5.95. The van der Waals surface area contributed by atoms with Crippen LogP contribution in [0, 0.1) is 0 Å². The molecule has 0 atom stereocenters. The van der Waals surface area contributed by atoms with Crippen LogP contribution in [-0.4, -0.2) is 20.6 Å². The molecule has 0 aliphatic heterocycles. The van der Waals surface area contributed by atoms with E-state index in [4.69, 9.17) is 10.8 Å². The van der Waals surface area contributed by atoms with Crippen LogP contribution in [0.25, 0.3) is 11.4 Å². The summed E-state index contributed by atoms with van der Waals surface area (Å²) in [4.78, 5) is 26.5. The second-order valence-electron chi connectivity index (χ2n) is 4.40. The van der Waals surface area contributed by atoms with E-state index in [1.165, 1.54) is 6.07 Å². The largest absolute Gasteiger partial charge is 0.480 e. The topological polar surface area (TPSA) is 98.2 Å². The standard InChI is InChI=1S/C13H10F3N3O3/c14-13(15,16)8-3-1-2-7(4-8)11-18-5-9(17)12(22)19(11)6-10(20)21/h1-5H,6,17H2,(H,20,21). The van der Waals surface area contributed by atoms with Crippen molar-refractivity contribution >= 4 is 11.7 Å². The van der Waals surface area contributed by atoms with Gasteiger partial charge in [0, 0.05) is 5.56 Å². The molecule has 0 aliphatic rings. The number of hydrogen-bond donors (Lipinski definition) is 2. The molecule has 0 unspecified atom stereocenters. The molecule has 1 heterocycles. The van der Waals surface area contributed by atoms with Crippen molar-refractivity contribution < 1.29 is 23.1 Å². The lowest BCUT2D eigenvalue weighted by molar-refractivity contribution is -0.138. The lowest BCUT2D eigenvalue weighted by Gasteiger charge is -2.12. The number of alkyl halides is 3. The minimum Gasteiger partial charge on any atom is -0.480 e. The summed E-state index contributed by atoms with van der Waals surface area (Å²) >= 11 is 0. The lowest BCUT2D eigenvalue weighted by Crippen LogP contribution is -2.28. The second kappa shape index (κ2) is 5.51. The highest BCUT2D eigenvalue weighted by Gasteiger charge is 2.30. The summed E-state index contributed by atoms with van der Waals surface area (Å²) in [6.45, 7) is -0.761. The van der Waals surface area contributed by atoms with Gasteiger partial charge in [-0.05, 0) is 12.1 Å². The first-order valence-corrected chi connectivity index (χ1v) is 5.95. The Kier molecular flexibility index (Phi) is 3.89. The fourth-order valence-corrected chi connectivity index (χ4v) is 1.85. The molecule has 0 bridgehead atoms. The summed E-state index contributed by atoms with van der Waals surface area (Å²) < 4.78 is 38.9. The molecule has 0 aliphatic carbocycles. The SMILES string of the molecule is Nc1cnc(-c2cccc(C(F)(F)F)c2)n(CC(=O)O)c1=O. The van der Waals surface area contributed by atoms with Gasteiger partial charge in [-0.3, -0.25) is 14.2 Å². The minimum atomic E-state index is -4.57. The number of benzene rings is 1. The average Bonchev–Trinajstić information content (AvgIpc) is 2.43. The van der Waals surface area contributed by atoms with Crippen LogP contribution in [0.5, 0.6) is 0 Å². The fourth-order valence-electron chi connectivity index (χ4n) is 1.85. The number of aromatic nitrogens is 2. The van der Waals surface area contributed by atoms with Gasteiger partial charge in [0.05, 0.1) is 11.8 Å². The van der Waals surface area contributed by atoms with Crippen molar-refractivity contribution in [2.24, 2.45) is 0 Å². The van der Waals surface area contributed by atoms with Crippen molar-refractivity contribution in [3.63, 3.8) is 0 Å². The number of anilines is 1. The quantitative estimate of drug-likeness (QED) is 0.897. The highest BCUT2D eigenvalue weighted by atomic mass is 19.4. The first kappa shape index (κ1) is 15.5. The van der Waals surface area contributed by atoms with Gasteiger partial charge in [-0.15, -0.1) is 0 Å². The van der Waals surface area contributed by atoms with Crippen molar-refractivity contribution in [1.29, 1.82) is 0 Å². The van der Waals surface area contributed by atoms with E-state index < -0.39 is 29.8 Å². The average molecular weight is 313 g/mol. The van der Waals surface area contributed by atoms with E-state index in [1.54, 1.807) is 0 Å². The predicted molar refractivity (Wildman–Crippen MR) is 71.0 cm³/mol. The molecular formula is C13H10F3N3O3. The van der Waals surface area contributed by atoms with E-state index in [2.05, 4.69) is 4.98 Å². The van der Waals surface area contributed by atoms with Gasteiger partial charge in [-0.2, -0.15) is 13.2 Å². The number of carboxylic acids is 1. The van der Waals surface area contributed by atoms with Crippen molar-refractivity contribution in [2.45, 2.75) is 12.7 Å². The second-order valence-corrected chi connectivity index (χ2v) is 4.40. The molecule has 0 saturated carbocycles. The van der Waals surface area contributed by atoms with Crippen LogP contribution in [0.15, 0.2) is 35.3 Å². The Morgan fingerprint density at radius 3 is 2.64 bits per heavy atom. The Morgan fingerprint density at radius 1 is 1.36 bits per heavy atom. The van der Waals surface area contributed by atoms with Crippen LogP contribution in [0.3, 0.4) is 0 Å². The van der Waals surface area contributed by atoms with Crippen molar-refractivity contribution in [3.8, 4) is 11.4 Å². The third-order valence-corrected chi connectivity index (χ3v) is 2.82. The summed E-state index contributed by atoms with van der Waals surface area (Å²) in [6.07, 6.45) is -3.59. The van der Waals surface area contributed by atoms with Crippen LogP contribution in [0.1, 0.15) is 5.56 Å². The number of nitrogens with zero attached hydrogens (tertiary/aromatic N) is 2. The maximum atomic E-state index is 12.7. The van der Waals surface area contributed by atoms with E-state index in [1.807, 2.05) is 0 Å². The van der Waals surface area contributed by atoms with E-state index >= 15 is 0 Å². The lowest BCUT2D eigenvalue weighted by atomic mass is 10.1. The number of halogens is 3. The summed E-state index contributed by atoms with van der Waals surface area (Å²) in [5, 5.41) is 8.83. The highest BCUT2D eigenvalue weighted by Crippen LogP contribution is 2.31. The smallest absolute Gasteiger partial charge is 0.416 e. The van der Waals surface area contributed by atoms with Crippen molar-refractivity contribution in [3.05, 3.63) is 46.4 Å². The first-order chi connectivity index (χ1) is 10.2. The molecule has 116 valence electrons. The number of carbonyl (C=O) groups is 1. The molecule has 0 spiro atoms. The van der Waals surface area contributed by atoms with Gasteiger partial charge < -0.3 is 10.8 Å². The Balaban J connectivity index is 2.65. The van der Waals surface area contributed by atoms with Crippen LogP contribution in [0.4, 0.5) is 18.9 Å². The molecule has 9 heteroatoms. The Labute approximate surface area is 121 Å². The van der Waals surface area contributed by atoms with E-state index in [0.717, 1.165) is 24.4 Å². The molecule has 2 rings (SSSR count). The normalized spacial score (nSPS) is 11.4. The molecule has 2 aromatic rings. The van der Waals surface area contributed by atoms with Gasteiger partial charge >= 0.3 is 12.1 Å². The van der Waals surface area contributed by atoms with E-state index in [0.29, 0.717) is 4.57 Å². The Bertz CT molecular complexity index is 784. The highest BCUT2D eigenvalue weighted by molar-refractivity contribution is 5.68. The molecule has 0 saturated heterocycles. The predicted octanol–water partition coefficient (Wildman–Crippen LogP) is 1.60. The van der Waals surface area contributed by atoms with Gasteiger partial charge in [0.25, 0.3) is 5.56 Å². The number of rotatable bonds is 3. The number of nitrogen functional groups attached to an aromatic ring is 1. The van der Waals surface area contributed by atoms with Crippen LogP contribution >= 0.6 is 0 Å². The maximum absolute atomic E-state index is 12.7. The number of nitrogens with two attached hydrogens (primary N) is 1. The maximum Gasteiger partial charge on any atom is 0.416 e. The zero-order valence-electron chi connectivity index (χ0n) is 11.0. The molecule has 1 aromatic carbocycles. The molecule has 0 radical (unpaired) electrons. The summed E-state index contributed by atoms with van der Waals surface area (Å²) in [6, 6.07) is 4.09. The van der Waals surface area contributed by atoms with Gasteiger partial charge in [-0.25, -0.2) is 4.98 Å². The summed E-state index contributed by atoms with van der Waals surface area (Å²) in [5.74, 6) is -1.55. The molecule has 0 fully saturated rings. The molecule has 22 heavy (non-hydrogen) atoms. The van der Waals surface area contributed by atoms with Crippen LogP contribution < -0.4 is 11.3 Å². The Hall–Kier alpha value is -2.84. The fraction of sp³-hybridized carbons (Fsp3) is 0.154. The van der Waals surface area contributed by atoms with Gasteiger partial charge in [0.2, 0.25) is 0 Å². The van der Waals surface area contributed by atoms with Gasteiger partial charge in [-0.1, -0.05) is 12.1 Å². The Morgan fingerprint density at radius 2 is 2.05 bits per heavy atom. The zero-order valence-corrected chi connectivity index (χ0v) is 11.0. The molecule has 0 amide bonds. The summed E-state index contributed by atoms with van der Waals surface area (Å²) in [5.41, 5.74) is 3.28. The number of hydrogen-bond acceptors (Lipinski definition) is 4. The molecule has 6 nitrogen and oxygen atoms in total. The molecule has 1 aromatic heterocycles. The molecular weight excluding hydrogens is 303 g/mol. The number of aliphatic carboxylic acids is 1. The van der Waals surface area contributed by atoms with E-state index in [-0.39, 0.29) is 17.1 Å². The summed E-state index contributed by atoms with van der Waals surface area (Å²) in [7, 11) is 0. The zero-order chi connectivity index (χ0) is 16.5. The monoisotopic (exact) mass is 313 g/mol. The van der Waals surface area contributed by atoms with Gasteiger partial charge in [0.15, 0.2) is 0 Å². The van der Waals surface area contributed by atoms with Crippen LogP contribution in [-0.2, 0) is 17.5 Å². The third kappa shape index (κ3) is 3.08. The third-order valence-electron chi connectivity index (χ3n) is 2.82. The van der Waals surface area contributed by atoms with Crippen molar-refractivity contribution in [2.75, 3.05) is 5.73 Å². The van der Waals surface area contributed by atoms with Gasteiger partial charge in [0.1, 0.15) is 18.1 Å². The van der Waals surface area contributed by atoms with Crippen molar-refractivity contribution in [1.82, 2.24) is 9.55 Å². The van der Waals surface area contributed by atoms with E-state index in [9.17, 15) is 22.8 Å². The molecule has 3 N–H and O–H groups in total.